The monoisotopic (exact) mass is 318 g/mol. The number of hydrogen-bond acceptors (Lipinski definition) is 1. The molecule has 1 unspecified atom stereocenters. The molecule has 100 valence electrons. The Hall–Kier alpha value is -1.12. The zero-order valence-electron chi connectivity index (χ0n) is 11.6. The van der Waals surface area contributed by atoms with E-state index in [9.17, 15) is 5.11 Å². The fraction of sp³-hybridized carbons (Fsp3) is 0.294. The second kappa shape index (κ2) is 5.89. The Morgan fingerprint density at radius 1 is 1.05 bits per heavy atom. The van der Waals surface area contributed by atoms with Crippen LogP contribution in [-0.4, -0.2) is 5.11 Å². The predicted molar refractivity (Wildman–Crippen MR) is 83.5 cm³/mol. The summed E-state index contributed by atoms with van der Waals surface area (Å²) in [5.74, 6) is 0. The lowest BCUT2D eigenvalue weighted by Gasteiger charge is -2.15. The molecule has 0 saturated heterocycles. The van der Waals surface area contributed by atoms with Gasteiger partial charge in [0.2, 0.25) is 0 Å². The Labute approximate surface area is 123 Å². The van der Waals surface area contributed by atoms with Gasteiger partial charge in [-0.2, -0.15) is 0 Å². The van der Waals surface area contributed by atoms with E-state index in [1.54, 1.807) is 0 Å². The third-order valence-corrected chi connectivity index (χ3v) is 4.70. The van der Waals surface area contributed by atoms with Crippen molar-refractivity contribution in [2.45, 2.75) is 33.3 Å². The van der Waals surface area contributed by atoms with Gasteiger partial charge in [0.1, 0.15) is 6.10 Å². The van der Waals surface area contributed by atoms with Gasteiger partial charge < -0.3 is 5.11 Å². The topological polar surface area (TPSA) is 20.2 Å². The first-order valence-electron chi connectivity index (χ1n) is 6.56. The summed E-state index contributed by atoms with van der Waals surface area (Å²) in [4.78, 5) is 0. The minimum absolute atomic E-state index is 0.558. The van der Waals surface area contributed by atoms with Crippen LogP contribution in [0.4, 0.5) is 0 Å². The molecule has 19 heavy (non-hydrogen) atoms. The van der Waals surface area contributed by atoms with E-state index in [4.69, 9.17) is 0 Å². The number of hydrogen-bond donors (Lipinski definition) is 1. The summed E-state index contributed by atoms with van der Waals surface area (Å²) in [6, 6.07) is 12.2. The van der Waals surface area contributed by atoms with Crippen LogP contribution in [0.25, 0.3) is 0 Å². The molecule has 0 spiro atoms. The van der Waals surface area contributed by atoms with E-state index in [2.05, 4.69) is 48.8 Å². The fourth-order valence-electron chi connectivity index (χ4n) is 2.31. The Morgan fingerprint density at radius 2 is 1.68 bits per heavy atom. The summed E-state index contributed by atoms with van der Waals surface area (Å²) < 4.78 is 1.12. The summed E-state index contributed by atoms with van der Waals surface area (Å²) in [6.45, 7) is 6.23. The largest absolute Gasteiger partial charge is 0.384 e. The average Bonchev–Trinajstić information content (AvgIpc) is 2.43. The lowest BCUT2D eigenvalue weighted by molar-refractivity contribution is 0.220. The number of aliphatic hydroxyl groups is 1. The number of rotatable bonds is 3. The quantitative estimate of drug-likeness (QED) is 0.868. The fourth-order valence-corrected chi connectivity index (χ4v) is 2.54. The molecule has 1 nitrogen and oxygen atoms in total. The van der Waals surface area contributed by atoms with Crippen LogP contribution in [0.3, 0.4) is 0 Å². The van der Waals surface area contributed by atoms with Gasteiger partial charge in [-0.15, -0.1) is 0 Å². The second-order valence-corrected chi connectivity index (χ2v) is 5.76. The van der Waals surface area contributed by atoms with Gasteiger partial charge in [-0.05, 0) is 48.1 Å². The molecule has 0 aromatic heterocycles. The summed E-state index contributed by atoms with van der Waals surface area (Å²) in [7, 11) is 0. The van der Waals surface area contributed by atoms with Crippen molar-refractivity contribution in [2.75, 3.05) is 0 Å². The van der Waals surface area contributed by atoms with Crippen molar-refractivity contribution >= 4 is 15.9 Å². The minimum Gasteiger partial charge on any atom is -0.384 e. The van der Waals surface area contributed by atoms with Crippen LogP contribution in [0, 0.1) is 13.8 Å². The van der Waals surface area contributed by atoms with E-state index >= 15 is 0 Å². The van der Waals surface area contributed by atoms with Gasteiger partial charge in [0.05, 0.1) is 0 Å². The van der Waals surface area contributed by atoms with Crippen molar-refractivity contribution in [1.82, 2.24) is 0 Å². The Kier molecular flexibility index (Phi) is 4.43. The zero-order chi connectivity index (χ0) is 14.0. The molecule has 0 amide bonds. The lowest BCUT2D eigenvalue weighted by atomic mass is 9.96. The number of aryl methyl sites for hydroxylation is 3. The number of benzene rings is 2. The minimum atomic E-state index is -0.558. The molecule has 2 rings (SSSR count). The van der Waals surface area contributed by atoms with Gasteiger partial charge in [0, 0.05) is 4.47 Å². The van der Waals surface area contributed by atoms with Crippen LogP contribution in [0.2, 0.25) is 0 Å². The third-order valence-electron chi connectivity index (χ3n) is 3.45. The van der Waals surface area contributed by atoms with Gasteiger partial charge in [-0.25, -0.2) is 0 Å². The Bertz CT molecular complexity index is 567. The Morgan fingerprint density at radius 3 is 2.26 bits per heavy atom. The molecule has 0 aliphatic rings. The van der Waals surface area contributed by atoms with Crippen molar-refractivity contribution in [1.29, 1.82) is 0 Å². The zero-order valence-corrected chi connectivity index (χ0v) is 13.2. The maximum Gasteiger partial charge on any atom is 0.104 e. The van der Waals surface area contributed by atoms with E-state index in [0.29, 0.717) is 0 Å². The smallest absolute Gasteiger partial charge is 0.104 e. The van der Waals surface area contributed by atoms with Crippen LogP contribution in [-0.2, 0) is 6.42 Å². The normalized spacial score (nSPS) is 12.5. The molecule has 0 aliphatic heterocycles. The van der Waals surface area contributed by atoms with Crippen LogP contribution in [0.1, 0.15) is 40.8 Å². The maximum atomic E-state index is 10.5. The van der Waals surface area contributed by atoms with E-state index in [1.807, 2.05) is 24.3 Å². The average molecular weight is 319 g/mol. The van der Waals surface area contributed by atoms with Gasteiger partial charge in [-0.1, -0.05) is 59.3 Å². The van der Waals surface area contributed by atoms with E-state index < -0.39 is 6.10 Å². The molecule has 2 aromatic rings. The molecule has 0 fully saturated rings. The van der Waals surface area contributed by atoms with Crippen LogP contribution < -0.4 is 0 Å². The van der Waals surface area contributed by atoms with Gasteiger partial charge in [0.15, 0.2) is 0 Å². The molecule has 2 aromatic carbocycles. The molecule has 1 N–H and O–H groups in total. The summed E-state index contributed by atoms with van der Waals surface area (Å²) in [6.07, 6.45) is 0.427. The van der Waals surface area contributed by atoms with E-state index in [0.717, 1.165) is 33.1 Å². The Balaban J connectivity index is 2.40. The maximum absolute atomic E-state index is 10.5. The van der Waals surface area contributed by atoms with Crippen molar-refractivity contribution in [2.24, 2.45) is 0 Å². The van der Waals surface area contributed by atoms with Gasteiger partial charge in [0.25, 0.3) is 0 Å². The standard InChI is InChI=1S/C17H19BrO/c1-4-13-6-5-7-14(10-13)17(19)15-8-11(2)16(18)12(3)9-15/h5-10,17,19H,4H2,1-3H3. The van der Waals surface area contributed by atoms with Crippen molar-refractivity contribution < 1.29 is 5.11 Å². The molecule has 0 bridgehead atoms. The second-order valence-electron chi connectivity index (χ2n) is 4.97. The van der Waals surface area contributed by atoms with E-state index in [1.165, 1.54) is 5.56 Å². The first-order valence-corrected chi connectivity index (χ1v) is 7.35. The lowest BCUT2D eigenvalue weighted by Crippen LogP contribution is -2.02. The SMILES string of the molecule is CCc1cccc(C(O)c2cc(C)c(Br)c(C)c2)c1. The van der Waals surface area contributed by atoms with Crippen molar-refractivity contribution in [3.8, 4) is 0 Å². The highest BCUT2D eigenvalue weighted by Crippen LogP contribution is 2.29. The highest BCUT2D eigenvalue weighted by Gasteiger charge is 2.13. The van der Waals surface area contributed by atoms with Crippen LogP contribution >= 0.6 is 15.9 Å². The first-order chi connectivity index (χ1) is 9.02. The summed E-state index contributed by atoms with van der Waals surface area (Å²) >= 11 is 3.56. The molecule has 1 atom stereocenters. The van der Waals surface area contributed by atoms with Crippen LogP contribution in [0.5, 0.6) is 0 Å². The van der Waals surface area contributed by atoms with Gasteiger partial charge in [-0.3, -0.25) is 0 Å². The molecule has 0 radical (unpaired) electrons. The highest BCUT2D eigenvalue weighted by atomic mass is 79.9. The molecular weight excluding hydrogens is 300 g/mol. The molecular formula is C17H19BrO. The summed E-state index contributed by atoms with van der Waals surface area (Å²) in [5.41, 5.74) is 5.47. The first kappa shape index (κ1) is 14.3. The molecule has 0 aliphatic carbocycles. The third kappa shape index (κ3) is 3.07. The number of aliphatic hydroxyl groups excluding tert-OH is 1. The number of halogens is 1. The van der Waals surface area contributed by atoms with E-state index in [-0.39, 0.29) is 0 Å². The van der Waals surface area contributed by atoms with Crippen LogP contribution in [0.15, 0.2) is 40.9 Å². The molecule has 2 heteroatoms. The van der Waals surface area contributed by atoms with Crippen molar-refractivity contribution in [3.05, 3.63) is 68.7 Å². The highest BCUT2D eigenvalue weighted by molar-refractivity contribution is 9.10. The van der Waals surface area contributed by atoms with Crippen molar-refractivity contribution in [3.63, 3.8) is 0 Å². The molecule has 0 heterocycles. The summed E-state index contributed by atoms with van der Waals surface area (Å²) in [5, 5.41) is 10.5. The molecule has 0 saturated carbocycles. The van der Waals surface area contributed by atoms with Gasteiger partial charge >= 0.3 is 0 Å². The predicted octanol–water partition coefficient (Wildman–Crippen LogP) is 4.71.